The van der Waals surface area contributed by atoms with Gasteiger partial charge in [-0.3, -0.25) is 9.59 Å². The molecular weight excluding hydrogens is 376 g/mol. The first kappa shape index (κ1) is 19.6. The molecule has 3 aromatic rings. The summed E-state index contributed by atoms with van der Waals surface area (Å²) in [6.45, 7) is 0.125. The standard InChI is InChI=1S/C23H19ClO4/c24-19-11-9-18(10-12-19)22(25)13-14-23(26)27-16-17-5-4-8-21(15-17)28-20-6-2-1-3-7-20/h1-12,15H,13-14,16H2. The first-order valence-electron chi connectivity index (χ1n) is 8.86. The average molecular weight is 395 g/mol. The molecular formula is C23H19ClO4. The summed E-state index contributed by atoms with van der Waals surface area (Å²) in [7, 11) is 0. The molecule has 0 N–H and O–H groups in total. The van der Waals surface area contributed by atoms with Crippen LogP contribution in [0.1, 0.15) is 28.8 Å². The number of rotatable bonds is 8. The molecule has 4 nitrogen and oxygen atoms in total. The third kappa shape index (κ3) is 5.96. The number of ketones is 1. The van der Waals surface area contributed by atoms with E-state index in [4.69, 9.17) is 21.1 Å². The van der Waals surface area contributed by atoms with Crippen LogP contribution < -0.4 is 4.74 Å². The average Bonchev–Trinajstić information content (AvgIpc) is 2.72. The van der Waals surface area contributed by atoms with E-state index < -0.39 is 5.97 Å². The molecule has 0 aliphatic carbocycles. The highest BCUT2D eigenvalue weighted by molar-refractivity contribution is 6.30. The number of carbonyl (C=O) groups is 2. The Bertz CT molecular complexity index is 936. The van der Waals surface area contributed by atoms with Crippen LogP contribution in [0.2, 0.25) is 5.02 Å². The summed E-state index contributed by atoms with van der Waals surface area (Å²) in [4.78, 5) is 24.0. The summed E-state index contributed by atoms with van der Waals surface area (Å²) in [6.07, 6.45) is 0.124. The van der Waals surface area contributed by atoms with Crippen LogP contribution in [0.4, 0.5) is 0 Å². The number of ether oxygens (including phenoxy) is 2. The van der Waals surface area contributed by atoms with Crippen LogP contribution in [-0.4, -0.2) is 11.8 Å². The molecule has 28 heavy (non-hydrogen) atoms. The van der Waals surface area contributed by atoms with Gasteiger partial charge in [0, 0.05) is 17.0 Å². The lowest BCUT2D eigenvalue weighted by Crippen LogP contribution is -2.08. The summed E-state index contributed by atoms with van der Waals surface area (Å²) in [5.41, 5.74) is 1.34. The molecule has 0 aromatic heterocycles. The second kappa shape index (κ2) is 9.72. The van der Waals surface area contributed by atoms with Crippen LogP contribution in [0.5, 0.6) is 11.5 Å². The highest BCUT2D eigenvalue weighted by Gasteiger charge is 2.11. The Balaban J connectivity index is 1.47. The van der Waals surface area contributed by atoms with Crippen molar-refractivity contribution < 1.29 is 19.1 Å². The van der Waals surface area contributed by atoms with Crippen LogP contribution >= 0.6 is 11.6 Å². The Labute approximate surface area is 168 Å². The predicted octanol–water partition coefficient (Wildman–Crippen LogP) is 5.84. The van der Waals surface area contributed by atoms with Crippen molar-refractivity contribution in [3.05, 3.63) is 95.0 Å². The summed E-state index contributed by atoms with van der Waals surface area (Å²) in [5, 5.41) is 0.564. The zero-order chi connectivity index (χ0) is 19.8. The highest BCUT2D eigenvalue weighted by Crippen LogP contribution is 2.22. The minimum atomic E-state index is -0.420. The van der Waals surface area contributed by atoms with Crippen LogP contribution in [0, 0.1) is 0 Å². The lowest BCUT2D eigenvalue weighted by Gasteiger charge is -2.08. The molecule has 0 saturated heterocycles. The van der Waals surface area contributed by atoms with Crippen molar-refractivity contribution in [2.45, 2.75) is 19.4 Å². The van der Waals surface area contributed by atoms with Crippen LogP contribution in [0.3, 0.4) is 0 Å². The molecule has 3 rings (SSSR count). The lowest BCUT2D eigenvalue weighted by atomic mass is 10.1. The summed E-state index contributed by atoms with van der Waals surface area (Å²) >= 11 is 5.81. The van der Waals surface area contributed by atoms with E-state index >= 15 is 0 Å². The van der Waals surface area contributed by atoms with Gasteiger partial charge in [-0.2, -0.15) is 0 Å². The van der Waals surface area contributed by atoms with E-state index in [0.29, 0.717) is 16.3 Å². The van der Waals surface area contributed by atoms with Crippen molar-refractivity contribution in [3.8, 4) is 11.5 Å². The maximum atomic E-state index is 12.1. The lowest BCUT2D eigenvalue weighted by molar-refractivity contribution is -0.144. The number of halogens is 1. The molecule has 5 heteroatoms. The number of carbonyl (C=O) groups excluding carboxylic acids is 2. The van der Waals surface area contributed by atoms with Crippen LogP contribution in [-0.2, 0) is 16.1 Å². The first-order valence-corrected chi connectivity index (χ1v) is 9.24. The van der Waals surface area contributed by atoms with E-state index in [1.165, 1.54) is 0 Å². The van der Waals surface area contributed by atoms with Crippen molar-refractivity contribution in [1.82, 2.24) is 0 Å². The second-order valence-corrected chi connectivity index (χ2v) is 6.59. The molecule has 0 spiro atoms. The fraction of sp³-hybridized carbons (Fsp3) is 0.130. The maximum absolute atomic E-state index is 12.1. The molecule has 0 fully saturated rings. The molecule has 0 aliphatic heterocycles. The monoisotopic (exact) mass is 394 g/mol. The number of hydrogen-bond donors (Lipinski definition) is 0. The number of Topliss-reactive ketones (excluding diaryl/α,β-unsaturated/α-hetero) is 1. The minimum absolute atomic E-state index is 0.0294. The summed E-state index contributed by atoms with van der Waals surface area (Å²) < 4.78 is 11.0. The fourth-order valence-corrected chi connectivity index (χ4v) is 2.68. The fourth-order valence-electron chi connectivity index (χ4n) is 2.56. The third-order valence-corrected chi connectivity index (χ3v) is 4.25. The summed E-state index contributed by atoms with van der Waals surface area (Å²) in [5.74, 6) is 0.860. The van der Waals surface area contributed by atoms with Gasteiger partial charge in [0.2, 0.25) is 0 Å². The maximum Gasteiger partial charge on any atom is 0.306 e. The number of hydrogen-bond acceptors (Lipinski definition) is 4. The molecule has 0 heterocycles. The number of benzene rings is 3. The summed E-state index contributed by atoms with van der Waals surface area (Å²) in [6, 6.07) is 23.4. The van der Waals surface area contributed by atoms with E-state index in [9.17, 15) is 9.59 Å². The Morgan fingerprint density at radius 2 is 1.50 bits per heavy atom. The van der Waals surface area contributed by atoms with Gasteiger partial charge in [0.05, 0.1) is 6.42 Å². The third-order valence-electron chi connectivity index (χ3n) is 4.00. The van der Waals surface area contributed by atoms with Gasteiger partial charge in [-0.1, -0.05) is 41.9 Å². The Hall–Kier alpha value is -3.11. The van der Waals surface area contributed by atoms with Crippen molar-refractivity contribution in [1.29, 1.82) is 0 Å². The second-order valence-electron chi connectivity index (χ2n) is 6.15. The quantitative estimate of drug-likeness (QED) is 0.356. The smallest absolute Gasteiger partial charge is 0.306 e. The topological polar surface area (TPSA) is 52.6 Å². The normalized spacial score (nSPS) is 10.3. The van der Waals surface area contributed by atoms with Gasteiger partial charge in [0.25, 0.3) is 0 Å². The zero-order valence-electron chi connectivity index (χ0n) is 15.1. The molecule has 0 bridgehead atoms. The van der Waals surface area contributed by atoms with E-state index in [-0.39, 0.29) is 25.2 Å². The zero-order valence-corrected chi connectivity index (χ0v) is 15.9. The SMILES string of the molecule is O=C(CCC(=O)c1ccc(Cl)cc1)OCc1cccc(Oc2ccccc2)c1. The Morgan fingerprint density at radius 1 is 0.786 bits per heavy atom. The first-order chi connectivity index (χ1) is 13.6. The van der Waals surface area contributed by atoms with Gasteiger partial charge in [-0.05, 0) is 54.1 Å². The van der Waals surface area contributed by atoms with Crippen molar-refractivity contribution in [3.63, 3.8) is 0 Å². The minimum Gasteiger partial charge on any atom is -0.461 e. The molecule has 0 saturated carbocycles. The van der Waals surface area contributed by atoms with E-state index in [0.717, 1.165) is 11.3 Å². The van der Waals surface area contributed by atoms with E-state index in [2.05, 4.69) is 0 Å². The van der Waals surface area contributed by atoms with Gasteiger partial charge < -0.3 is 9.47 Å². The number of esters is 1. The van der Waals surface area contributed by atoms with Gasteiger partial charge in [0.15, 0.2) is 5.78 Å². The van der Waals surface area contributed by atoms with Gasteiger partial charge >= 0.3 is 5.97 Å². The molecule has 0 radical (unpaired) electrons. The van der Waals surface area contributed by atoms with Crippen molar-refractivity contribution in [2.75, 3.05) is 0 Å². The predicted molar refractivity (Wildman–Crippen MR) is 108 cm³/mol. The van der Waals surface area contributed by atoms with Gasteiger partial charge in [0.1, 0.15) is 18.1 Å². The molecule has 0 aliphatic rings. The van der Waals surface area contributed by atoms with Gasteiger partial charge in [-0.15, -0.1) is 0 Å². The van der Waals surface area contributed by atoms with Gasteiger partial charge in [-0.25, -0.2) is 0 Å². The Kier molecular flexibility index (Phi) is 6.82. The molecule has 0 unspecified atom stereocenters. The van der Waals surface area contributed by atoms with Crippen molar-refractivity contribution >= 4 is 23.4 Å². The molecule has 142 valence electrons. The van der Waals surface area contributed by atoms with Crippen molar-refractivity contribution in [2.24, 2.45) is 0 Å². The largest absolute Gasteiger partial charge is 0.461 e. The Morgan fingerprint density at radius 3 is 2.25 bits per heavy atom. The number of para-hydroxylation sites is 1. The van der Waals surface area contributed by atoms with Crippen LogP contribution in [0.25, 0.3) is 0 Å². The van der Waals surface area contributed by atoms with E-state index in [1.54, 1.807) is 24.3 Å². The molecule has 0 atom stereocenters. The molecule has 3 aromatic carbocycles. The van der Waals surface area contributed by atoms with E-state index in [1.807, 2.05) is 54.6 Å². The van der Waals surface area contributed by atoms with Crippen LogP contribution in [0.15, 0.2) is 78.9 Å². The highest BCUT2D eigenvalue weighted by atomic mass is 35.5. The molecule has 0 amide bonds.